The van der Waals surface area contributed by atoms with Gasteiger partial charge in [-0.15, -0.1) is 0 Å². The highest BCUT2D eigenvalue weighted by atomic mass is 35.5. The minimum atomic E-state index is -0.545. The highest BCUT2D eigenvalue weighted by molar-refractivity contribution is 6.31. The Morgan fingerprint density at radius 3 is 2.61 bits per heavy atom. The van der Waals surface area contributed by atoms with Gasteiger partial charge in [-0.2, -0.15) is 5.10 Å². The molecular formula is C23H24ClFN4O2. The number of nitrogens with two attached hydrogens (primary N) is 1. The zero-order valence-corrected chi connectivity index (χ0v) is 18.1. The Balaban J connectivity index is 1.56. The number of anilines is 2. The van der Waals surface area contributed by atoms with Gasteiger partial charge in [0.15, 0.2) is 0 Å². The Morgan fingerprint density at radius 2 is 1.94 bits per heavy atom. The third kappa shape index (κ3) is 4.23. The zero-order chi connectivity index (χ0) is 22.1. The number of rotatable bonds is 5. The van der Waals surface area contributed by atoms with Gasteiger partial charge in [-0.25, -0.2) is 4.39 Å². The number of hydrogen-bond acceptors (Lipinski definition) is 4. The van der Waals surface area contributed by atoms with E-state index < -0.39 is 5.82 Å². The summed E-state index contributed by atoms with van der Waals surface area (Å²) in [5, 5.41) is 7.27. The molecule has 1 aromatic heterocycles. The molecule has 0 aliphatic heterocycles. The third-order valence-electron chi connectivity index (χ3n) is 5.93. The van der Waals surface area contributed by atoms with E-state index in [-0.39, 0.29) is 16.8 Å². The van der Waals surface area contributed by atoms with Crippen LogP contribution in [0.15, 0.2) is 42.5 Å². The van der Waals surface area contributed by atoms with E-state index in [9.17, 15) is 9.18 Å². The van der Waals surface area contributed by atoms with Crippen LogP contribution in [0.5, 0.6) is 5.75 Å². The number of ether oxygens (including phenoxy) is 1. The SMILES string of the molecule is COc1ccc([C@@H]2CC[C@@H](c3nn(C)c(N)c3C(=O)Nc3ccc(F)c(Cl)c3)C2)cc1. The number of nitrogen functional groups attached to an aromatic ring is 1. The number of amides is 1. The summed E-state index contributed by atoms with van der Waals surface area (Å²) in [6.45, 7) is 0. The van der Waals surface area contributed by atoms with Crippen molar-refractivity contribution in [3.05, 3.63) is 70.1 Å². The molecule has 4 rings (SSSR count). The van der Waals surface area contributed by atoms with Crippen molar-refractivity contribution >= 4 is 29.0 Å². The first kappa shape index (κ1) is 21.2. The van der Waals surface area contributed by atoms with Crippen LogP contribution in [0.25, 0.3) is 0 Å². The molecule has 1 amide bonds. The lowest BCUT2D eigenvalue weighted by Gasteiger charge is -2.13. The van der Waals surface area contributed by atoms with Crippen LogP contribution in [0.4, 0.5) is 15.9 Å². The minimum Gasteiger partial charge on any atom is -0.497 e. The molecule has 2 atom stereocenters. The Kier molecular flexibility index (Phi) is 5.87. The number of aromatic nitrogens is 2. The Morgan fingerprint density at radius 1 is 1.23 bits per heavy atom. The first-order chi connectivity index (χ1) is 14.9. The van der Waals surface area contributed by atoms with Crippen LogP contribution in [0, 0.1) is 5.82 Å². The van der Waals surface area contributed by atoms with Gasteiger partial charge in [0, 0.05) is 18.7 Å². The van der Waals surface area contributed by atoms with Crippen molar-refractivity contribution in [2.24, 2.45) is 7.05 Å². The zero-order valence-electron chi connectivity index (χ0n) is 17.4. The van der Waals surface area contributed by atoms with Gasteiger partial charge in [0.2, 0.25) is 0 Å². The van der Waals surface area contributed by atoms with Crippen molar-refractivity contribution in [3.8, 4) is 5.75 Å². The molecule has 31 heavy (non-hydrogen) atoms. The smallest absolute Gasteiger partial charge is 0.261 e. The average molecular weight is 443 g/mol. The molecule has 0 spiro atoms. The fourth-order valence-electron chi connectivity index (χ4n) is 4.25. The van der Waals surface area contributed by atoms with Crippen molar-refractivity contribution in [2.75, 3.05) is 18.2 Å². The Labute approximate surface area is 185 Å². The molecule has 1 aliphatic carbocycles. The van der Waals surface area contributed by atoms with Gasteiger partial charge in [-0.05, 0) is 61.1 Å². The van der Waals surface area contributed by atoms with Crippen LogP contribution in [0.1, 0.15) is 52.7 Å². The van der Waals surface area contributed by atoms with Crippen LogP contribution < -0.4 is 15.8 Å². The van der Waals surface area contributed by atoms with Gasteiger partial charge < -0.3 is 15.8 Å². The molecule has 0 radical (unpaired) electrons. The Hall–Kier alpha value is -3.06. The normalized spacial score (nSPS) is 18.2. The van der Waals surface area contributed by atoms with E-state index in [0.29, 0.717) is 28.7 Å². The van der Waals surface area contributed by atoms with Gasteiger partial charge in [0.25, 0.3) is 5.91 Å². The standard InChI is InChI=1S/C23H24ClFN4O2/c1-29-22(26)20(23(30)27-16-7-10-19(25)18(24)12-16)21(28-29)15-4-3-14(11-15)13-5-8-17(31-2)9-6-13/h5-10,12,14-15H,3-4,11,26H2,1-2H3,(H,27,30)/t14-,15-/m1/s1. The topological polar surface area (TPSA) is 82.2 Å². The van der Waals surface area contributed by atoms with Crippen molar-refractivity contribution < 1.29 is 13.9 Å². The molecule has 0 unspecified atom stereocenters. The second-order valence-corrected chi connectivity index (χ2v) is 8.24. The summed E-state index contributed by atoms with van der Waals surface area (Å²) in [6, 6.07) is 12.1. The van der Waals surface area contributed by atoms with Crippen LogP contribution in [0.3, 0.4) is 0 Å². The molecule has 8 heteroatoms. The van der Waals surface area contributed by atoms with Gasteiger partial charge in [-0.3, -0.25) is 9.48 Å². The Bertz CT molecular complexity index is 1110. The molecule has 6 nitrogen and oxygen atoms in total. The van der Waals surface area contributed by atoms with Crippen LogP contribution in [0.2, 0.25) is 5.02 Å². The maximum atomic E-state index is 13.4. The highest BCUT2D eigenvalue weighted by Gasteiger charge is 2.33. The number of carbonyl (C=O) groups excluding carboxylic acids is 1. The van der Waals surface area contributed by atoms with Crippen LogP contribution in [-0.2, 0) is 7.05 Å². The molecule has 1 heterocycles. The van der Waals surface area contributed by atoms with E-state index >= 15 is 0 Å². The molecule has 0 saturated heterocycles. The largest absolute Gasteiger partial charge is 0.497 e. The number of nitrogens with zero attached hydrogens (tertiary/aromatic N) is 2. The lowest BCUT2D eigenvalue weighted by molar-refractivity contribution is 0.102. The molecule has 3 N–H and O–H groups in total. The monoisotopic (exact) mass is 442 g/mol. The fourth-order valence-corrected chi connectivity index (χ4v) is 4.43. The van der Waals surface area contributed by atoms with Gasteiger partial charge in [0.05, 0.1) is 17.8 Å². The van der Waals surface area contributed by atoms with Gasteiger partial charge in [0.1, 0.15) is 22.9 Å². The van der Waals surface area contributed by atoms with E-state index in [1.807, 2.05) is 12.1 Å². The lowest BCUT2D eigenvalue weighted by Crippen LogP contribution is -2.16. The molecule has 1 aliphatic rings. The molecule has 3 aromatic rings. The number of aryl methyl sites for hydroxylation is 1. The average Bonchev–Trinajstić information content (AvgIpc) is 3.36. The van der Waals surface area contributed by atoms with Crippen LogP contribution >= 0.6 is 11.6 Å². The maximum absolute atomic E-state index is 13.4. The van der Waals surface area contributed by atoms with E-state index in [0.717, 1.165) is 25.0 Å². The summed E-state index contributed by atoms with van der Waals surface area (Å²) < 4.78 is 20.2. The fraction of sp³-hybridized carbons (Fsp3) is 0.304. The summed E-state index contributed by atoms with van der Waals surface area (Å²) in [7, 11) is 3.37. The first-order valence-corrected chi connectivity index (χ1v) is 10.5. The third-order valence-corrected chi connectivity index (χ3v) is 6.22. The van der Waals surface area contributed by atoms with E-state index in [1.165, 1.54) is 28.4 Å². The number of hydrogen-bond donors (Lipinski definition) is 2. The first-order valence-electron chi connectivity index (χ1n) is 10.1. The number of methoxy groups -OCH3 is 1. The molecule has 1 fully saturated rings. The van der Waals surface area contributed by atoms with Crippen molar-refractivity contribution in [2.45, 2.75) is 31.1 Å². The minimum absolute atomic E-state index is 0.0599. The van der Waals surface area contributed by atoms with E-state index in [1.54, 1.807) is 14.2 Å². The summed E-state index contributed by atoms with van der Waals surface area (Å²) in [6.07, 6.45) is 2.79. The van der Waals surface area contributed by atoms with Crippen molar-refractivity contribution in [1.82, 2.24) is 9.78 Å². The van der Waals surface area contributed by atoms with E-state index in [4.69, 9.17) is 22.1 Å². The summed E-state index contributed by atoms with van der Waals surface area (Å²) in [5.41, 5.74) is 8.90. The van der Waals surface area contributed by atoms with E-state index in [2.05, 4.69) is 22.5 Å². The molecular weight excluding hydrogens is 419 g/mol. The molecule has 0 bridgehead atoms. The predicted octanol–water partition coefficient (Wildman–Crippen LogP) is 5.11. The number of halogens is 2. The number of carbonyl (C=O) groups is 1. The predicted molar refractivity (Wildman–Crippen MR) is 119 cm³/mol. The quantitative estimate of drug-likeness (QED) is 0.575. The molecule has 1 saturated carbocycles. The van der Waals surface area contributed by atoms with Gasteiger partial charge in [-0.1, -0.05) is 23.7 Å². The highest BCUT2D eigenvalue weighted by Crippen LogP contribution is 2.45. The summed E-state index contributed by atoms with van der Waals surface area (Å²) in [4.78, 5) is 13.0. The van der Waals surface area contributed by atoms with Gasteiger partial charge >= 0.3 is 0 Å². The maximum Gasteiger partial charge on any atom is 0.261 e. The number of benzene rings is 2. The van der Waals surface area contributed by atoms with Crippen LogP contribution in [-0.4, -0.2) is 22.8 Å². The van der Waals surface area contributed by atoms with Crippen molar-refractivity contribution in [3.63, 3.8) is 0 Å². The second kappa shape index (κ2) is 8.59. The summed E-state index contributed by atoms with van der Waals surface area (Å²) >= 11 is 5.83. The lowest BCUT2D eigenvalue weighted by atomic mass is 9.94. The number of nitrogens with one attached hydrogen (secondary N) is 1. The second-order valence-electron chi connectivity index (χ2n) is 7.83. The molecule has 162 valence electrons. The molecule has 2 aromatic carbocycles. The van der Waals surface area contributed by atoms with Crippen molar-refractivity contribution in [1.29, 1.82) is 0 Å². The summed E-state index contributed by atoms with van der Waals surface area (Å²) in [5.74, 6) is 0.705.